The van der Waals surface area contributed by atoms with Gasteiger partial charge in [-0.25, -0.2) is 4.98 Å². The van der Waals surface area contributed by atoms with Gasteiger partial charge in [0.15, 0.2) is 10.9 Å². The summed E-state index contributed by atoms with van der Waals surface area (Å²) in [7, 11) is 0. The number of carbonyl (C=O) groups excluding carboxylic acids is 2. The van der Waals surface area contributed by atoms with Gasteiger partial charge >= 0.3 is 0 Å². The van der Waals surface area contributed by atoms with Crippen LogP contribution in [0.4, 0.5) is 5.13 Å². The van der Waals surface area contributed by atoms with Crippen LogP contribution in [0.5, 0.6) is 0 Å². The lowest BCUT2D eigenvalue weighted by molar-refractivity contribution is -0.130. The van der Waals surface area contributed by atoms with Crippen LogP contribution in [0.1, 0.15) is 29.1 Å². The summed E-state index contributed by atoms with van der Waals surface area (Å²) in [6.45, 7) is 3.82. The van der Waals surface area contributed by atoms with Gasteiger partial charge in [-0.2, -0.15) is 0 Å². The summed E-state index contributed by atoms with van der Waals surface area (Å²) in [4.78, 5) is 30.9. The summed E-state index contributed by atoms with van der Waals surface area (Å²) in [5.41, 5.74) is 0.695. The Morgan fingerprint density at radius 1 is 1.25 bits per heavy atom. The number of likely N-dealkylation sites (tertiary alicyclic amines) is 1. The number of halogens is 2. The van der Waals surface area contributed by atoms with Gasteiger partial charge in [-0.05, 0) is 49.9 Å². The van der Waals surface area contributed by atoms with Crippen molar-refractivity contribution >= 4 is 53.1 Å². The zero-order chi connectivity index (χ0) is 17.9. The molecule has 0 spiro atoms. The van der Waals surface area contributed by atoms with Crippen LogP contribution < -0.4 is 10.6 Å². The maximum atomic E-state index is 12.6. The zero-order valence-corrected chi connectivity index (χ0v) is 17.7. The monoisotopic (exact) mass is 446 g/mol. The normalized spacial score (nSPS) is 21.1. The molecule has 4 rings (SSSR count). The van der Waals surface area contributed by atoms with Crippen molar-refractivity contribution in [3.05, 3.63) is 35.2 Å². The number of carbonyl (C=O) groups is 2. The van der Waals surface area contributed by atoms with E-state index in [0.717, 1.165) is 39.0 Å². The van der Waals surface area contributed by atoms with Gasteiger partial charge in [0.25, 0.3) is 5.91 Å². The fourth-order valence-corrected chi connectivity index (χ4v) is 4.45. The summed E-state index contributed by atoms with van der Waals surface area (Å²) >= 11 is 1.32. The minimum absolute atomic E-state index is 0. The van der Waals surface area contributed by atoms with Crippen LogP contribution in [-0.2, 0) is 11.2 Å². The highest BCUT2D eigenvalue weighted by Gasteiger charge is 2.31. The standard InChI is InChI=1S/C18H22N4O3S.2ClH/c23-16(22-5-3-12-9-19-10-13(12)4-6-22)8-14-11-26-18(20-14)21-17(24)15-2-1-7-25-15;;/h1-2,7,11-13,19H,3-6,8-10H2,(H,20,21,24);2*1H/t12-,13+;;. The van der Waals surface area contributed by atoms with E-state index < -0.39 is 0 Å². The van der Waals surface area contributed by atoms with Crippen molar-refractivity contribution < 1.29 is 14.0 Å². The zero-order valence-electron chi connectivity index (χ0n) is 15.3. The minimum Gasteiger partial charge on any atom is -0.459 e. The first-order chi connectivity index (χ1) is 12.7. The molecular formula is C18H24Cl2N4O3S. The molecule has 2 aromatic rings. The fourth-order valence-electron chi connectivity index (χ4n) is 3.75. The molecule has 2 aliphatic heterocycles. The molecule has 2 aliphatic rings. The van der Waals surface area contributed by atoms with Gasteiger partial charge in [-0.15, -0.1) is 36.2 Å². The topological polar surface area (TPSA) is 87.5 Å². The lowest BCUT2D eigenvalue weighted by atomic mass is 9.92. The molecule has 0 saturated carbocycles. The Morgan fingerprint density at radius 3 is 2.61 bits per heavy atom. The number of hydrogen-bond donors (Lipinski definition) is 2. The number of thiazole rings is 1. The largest absolute Gasteiger partial charge is 0.459 e. The lowest BCUT2D eigenvalue weighted by Gasteiger charge is -2.20. The summed E-state index contributed by atoms with van der Waals surface area (Å²) in [5.74, 6) is 1.43. The van der Waals surface area contributed by atoms with Gasteiger partial charge in [-0.1, -0.05) is 0 Å². The first-order valence-electron chi connectivity index (χ1n) is 8.97. The van der Waals surface area contributed by atoms with E-state index in [4.69, 9.17) is 4.42 Å². The number of aromatic nitrogens is 1. The number of hydrogen-bond acceptors (Lipinski definition) is 6. The van der Waals surface area contributed by atoms with Crippen molar-refractivity contribution in [2.75, 3.05) is 31.5 Å². The van der Waals surface area contributed by atoms with Crippen molar-refractivity contribution in [3.8, 4) is 0 Å². The average Bonchev–Trinajstić information content (AvgIpc) is 3.36. The number of furan rings is 1. The number of amides is 2. The lowest BCUT2D eigenvalue weighted by Crippen LogP contribution is -2.34. The van der Waals surface area contributed by atoms with Gasteiger partial charge in [-0.3, -0.25) is 14.9 Å². The molecule has 0 aromatic carbocycles. The van der Waals surface area contributed by atoms with Gasteiger partial charge < -0.3 is 14.6 Å². The predicted molar refractivity (Wildman–Crippen MR) is 113 cm³/mol. The van der Waals surface area contributed by atoms with Crippen LogP contribution in [-0.4, -0.2) is 47.9 Å². The van der Waals surface area contributed by atoms with Crippen LogP contribution >= 0.6 is 36.2 Å². The molecule has 2 saturated heterocycles. The van der Waals surface area contributed by atoms with Gasteiger partial charge in [0, 0.05) is 18.5 Å². The summed E-state index contributed by atoms with van der Waals surface area (Å²) in [5, 5.41) is 8.45. The second kappa shape index (κ2) is 10.2. The summed E-state index contributed by atoms with van der Waals surface area (Å²) < 4.78 is 5.06. The van der Waals surface area contributed by atoms with E-state index in [-0.39, 0.29) is 48.8 Å². The molecule has 2 amide bonds. The summed E-state index contributed by atoms with van der Waals surface area (Å²) in [6, 6.07) is 3.25. The molecule has 4 heterocycles. The molecule has 2 atom stereocenters. The maximum Gasteiger partial charge on any atom is 0.293 e. The van der Waals surface area contributed by atoms with Crippen molar-refractivity contribution in [1.82, 2.24) is 15.2 Å². The van der Waals surface area contributed by atoms with Crippen LogP contribution in [0.15, 0.2) is 28.2 Å². The quantitative estimate of drug-likeness (QED) is 0.753. The highest BCUT2D eigenvalue weighted by Crippen LogP contribution is 2.27. The molecule has 0 aliphatic carbocycles. The maximum absolute atomic E-state index is 12.6. The van der Waals surface area contributed by atoms with Gasteiger partial charge in [0.2, 0.25) is 5.91 Å². The Labute approximate surface area is 180 Å². The van der Waals surface area contributed by atoms with Crippen LogP contribution in [0, 0.1) is 11.8 Å². The first kappa shape index (κ1) is 22.7. The number of anilines is 1. The molecule has 2 fully saturated rings. The van der Waals surface area contributed by atoms with E-state index >= 15 is 0 Å². The third-order valence-electron chi connectivity index (χ3n) is 5.22. The molecule has 2 N–H and O–H groups in total. The van der Waals surface area contributed by atoms with E-state index in [1.54, 1.807) is 12.1 Å². The smallest absolute Gasteiger partial charge is 0.293 e. The highest BCUT2D eigenvalue weighted by molar-refractivity contribution is 7.14. The molecule has 7 nitrogen and oxygen atoms in total. The molecule has 2 aromatic heterocycles. The second-order valence-corrected chi connectivity index (χ2v) is 7.75. The van der Waals surface area contributed by atoms with E-state index in [0.29, 0.717) is 22.7 Å². The number of fused-ring (bicyclic) bond motifs is 1. The Morgan fingerprint density at radius 2 is 1.96 bits per heavy atom. The second-order valence-electron chi connectivity index (χ2n) is 6.89. The molecule has 28 heavy (non-hydrogen) atoms. The van der Waals surface area contributed by atoms with E-state index in [1.165, 1.54) is 17.6 Å². The average molecular weight is 447 g/mol. The molecule has 0 radical (unpaired) electrons. The minimum atomic E-state index is -0.338. The number of rotatable bonds is 4. The van der Waals surface area contributed by atoms with Crippen LogP contribution in [0.2, 0.25) is 0 Å². The summed E-state index contributed by atoms with van der Waals surface area (Å²) in [6.07, 6.45) is 3.88. The van der Waals surface area contributed by atoms with Crippen molar-refractivity contribution in [3.63, 3.8) is 0 Å². The Balaban J connectivity index is 0.00000140. The van der Waals surface area contributed by atoms with Gasteiger partial charge in [0.05, 0.1) is 18.4 Å². The van der Waals surface area contributed by atoms with E-state index in [1.807, 2.05) is 10.3 Å². The number of nitrogens with one attached hydrogen (secondary N) is 2. The SMILES string of the molecule is Cl.Cl.O=C(Nc1nc(CC(=O)N2CC[C@@H]3CNC[C@@H]3CC2)cs1)c1ccco1. The number of nitrogens with zero attached hydrogens (tertiary/aromatic N) is 2. The molecule has 154 valence electrons. The van der Waals surface area contributed by atoms with Crippen molar-refractivity contribution in [2.24, 2.45) is 11.8 Å². The highest BCUT2D eigenvalue weighted by atomic mass is 35.5. The van der Waals surface area contributed by atoms with Crippen molar-refractivity contribution in [1.29, 1.82) is 0 Å². The Hall–Kier alpha value is -1.61. The third-order valence-corrected chi connectivity index (χ3v) is 6.03. The predicted octanol–water partition coefficient (Wildman–Crippen LogP) is 2.83. The van der Waals surface area contributed by atoms with Crippen LogP contribution in [0.25, 0.3) is 0 Å². The molecule has 0 bridgehead atoms. The van der Waals surface area contributed by atoms with E-state index in [9.17, 15) is 9.59 Å². The van der Waals surface area contributed by atoms with Crippen LogP contribution in [0.3, 0.4) is 0 Å². The fraction of sp³-hybridized carbons (Fsp3) is 0.500. The Kier molecular flexibility index (Phi) is 8.30. The van der Waals surface area contributed by atoms with Crippen molar-refractivity contribution in [2.45, 2.75) is 19.3 Å². The first-order valence-corrected chi connectivity index (χ1v) is 9.85. The molecule has 10 heteroatoms. The Bertz CT molecular complexity index is 770. The molecule has 0 unspecified atom stereocenters. The molecular weight excluding hydrogens is 423 g/mol. The van der Waals surface area contributed by atoms with E-state index in [2.05, 4.69) is 15.6 Å². The third kappa shape index (κ3) is 5.26. The van der Waals surface area contributed by atoms with Gasteiger partial charge in [0.1, 0.15) is 0 Å².